The Morgan fingerprint density at radius 1 is 1.09 bits per heavy atom. The number of halogens is 2. The van der Waals surface area contributed by atoms with Gasteiger partial charge in [-0.3, -0.25) is 9.36 Å². The van der Waals surface area contributed by atoms with Gasteiger partial charge in [-0.1, -0.05) is 51.4 Å². The summed E-state index contributed by atoms with van der Waals surface area (Å²) in [5.41, 5.74) is 5.13. The van der Waals surface area contributed by atoms with Crippen molar-refractivity contribution in [3.05, 3.63) is 87.9 Å². The highest BCUT2D eigenvalue weighted by molar-refractivity contribution is 9.10. The number of hydrazone groups is 1. The molecule has 1 aromatic heterocycles. The fourth-order valence-electron chi connectivity index (χ4n) is 3.13. The summed E-state index contributed by atoms with van der Waals surface area (Å²) in [5.74, 6) is 1.28. The van der Waals surface area contributed by atoms with Gasteiger partial charge < -0.3 is 4.74 Å². The van der Waals surface area contributed by atoms with E-state index in [-0.39, 0.29) is 11.7 Å². The van der Waals surface area contributed by atoms with E-state index in [0.717, 1.165) is 27.0 Å². The largest absolute Gasteiger partial charge is 0.494 e. The molecule has 1 heterocycles. The highest BCUT2D eigenvalue weighted by Gasteiger charge is 2.17. The van der Waals surface area contributed by atoms with Gasteiger partial charge in [0.1, 0.15) is 5.75 Å². The first kappa shape index (κ1) is 25.0. The fraction of sp³-hybridized carbons (Fsp3) is 0.120. The zero-order chi connectivity index (χ0) is 24.6. The molecule has 0 aliphatic carbocycles. The molecule has 10 heteroatoms. The molecule has 1 N–H and O–H groups in total. The van der Waals surface area contributed by atoms with Gasteiger partial charge in [-0.2, -0.15) is 5.10 Å². The van der Waals surface area contributed by atoms with Gasteiger partial charge in [0, 0.05) is 20.7 Å². The number of rotatable bonds is 9. The number of carbonyl (C=O) groups is 1. The molecular weight excluding hydrogens is 550 g/mol. The monoisotopic (exact) mass is 569 g/mol. The van der Waals surface area contributed by atoms with Gasteiger partial charge in [0.05, 0.1) is 18.6 Å². The fourth-order valence-corrected chi connectivity index (χ4v) is 4.26. The Hall–Kier alpha value is -3.14. The second kappa shape index (κ2) is 12.0. The molecule has 0 aliphatic heterocycles. The zero-order valence-corrected chi connectivity index (χ0v) is 21.8. The maximum absolute atomic E-state index is 12.4. The molecule has 178 valence electrons. The SMILES string of the molecule is CCOc1ccc(-n2c(SCC(=O)N/N=C/c3ccc(Br)cc3)nnc2-c2ccc(Cl)cc2)cc1. The average Bonchev–Trinajstić information content (AvgIpc) is 3.29. The van der Waals surface area contributed by atoms with Crippen LogP contribution in [0.15, 0.2) is 87.5 Å². The van der Waals surface area contributed by atoms with Crippen LogP contribution in [0, 0.1) is 0 Å². The molecule has 0 atom stereocenters. The maximum atomic E-state index is 12.4. The number of ether oxygens (including phenoxy) is 1. The summed E-state index contributed by atoms with van der Waals surface area (Å²) in [5, 5.41) is 14.0. The van der Waals surface area contributed by atoms with Crippen molar-refractivity contribution in [3.8, 4) is 22.8 Å². The number of thioether (sulfide) groups is 1. The summed E-state index contributed by atoms with van der Waals surface area (Å²) >= 11 is 10.7. The van der Waals surface area contributed by atoms with E-state index in [0.29, 0.717) is 22.6 Å². The Morgan fingerprint density at radius 2 is 1.80 bits per heavy atom. The topological polar surface area (TPSA) is 81.4 Å². The van der Waals surface area contributed by atoms with Crippen molar-refractivity contribution in [3.63, 3.8) is 0 Å². The van der Waals surface area contributed by atoms with E-state index in [4.69, 9.17) is 16.3 Å². The number of nitrogens with zero attached hydrogens (tertiary/aromatic N) is 4. The number of amides is 1. The summed E-state index contributed by atoms with van der Waals surface area (Å²) in [6.45, 7) is 2.53. The van der Waals surface area contributed by atoms with Gasteiger partial charge in [-0.15, -0.1) is 10.2 Å². The van der Waals surface area contributed by atoms with Gasteiger partial charge in [-0.05, 0) is 73.2 Å². The molecule has 0 fully saturated rings. The smallest absolute Gasteiger partial charge is 0.250 e. The van der Waals surface area contributed by atoms with Crippen LogP contribution >= 0.6 is 39.3 Å². The molecule has 0 saturated carbocycles. The second-order valence-electron chi connectivity index (χ2n) is 7.21. The van der Waals surface area contributed by atoms with E-state index < -0.39 is 0 Å². The summed E-state index contributed by atoms with van der Waals surface area (Å²) in [4.78, 5) is 12.4. The summed E-state index contributed by atoms with van der Waals surface area (Å²) in [6.07, 6.45) is 1.59. The minimum absolute atomic E-state index is 0.119. The lowest BCUT2D eigenvalue weighted by Crippen LogP contribution is -2.20. The Morgan fingerprint density at radius 3 is 2.49 bits per heavy atom. The van der Waals surface area contributed by atoms with Crippen molar-refractivity contribution in [2.45, 2.75) is 12.1 Å². The van der Waals surface area contributed by atoms with Crippen molar-refractivity contribution in [1.29, 1.82) is 0 Å². The molecule has 0 bridgehead atoms. The van der Waals surface area contributed by atoms with E-state index >= 15 is 0 Å². The molecule has 0 saturated heterocycles. The molecule has 35 heavy (non-hydrogen) atoms. The van der Waals surface area contributed by atoms with E-state index in [1.54, 1.807) is 18.3 Å². The van der Waals surface area contributed by atoms with Crippen LogP contribution in [-0.2, 0) is 4.79 Å². The van der Waals surface area contributed by atoms with E-state index in [1.807, 2.05) is 72.2 Å². The van der Waals surface area contributed by atoms with Crippen LogP contribution in [0.1, 0.15) is 12.5 Å². The number of nitrogens with one attached hydrogen (secondary N) is 1. The van der Waals surface area contributed by atoms with Gasteiger partial charge in [0.2, 0.25) is 0 Å². The number of benzene rings is 3. The highest BCUT2D eigenvalue weighted by Crippen LogP contribution is 2.29. The second-order valence-corrected chi connectivity index (χ2v) is 9.50. The van der Waals surface area contributed by atoms with Crippen LogP contribution in [-0.4, -0.2) is 39.2 Å². The predicted octanol–water partition coefficient (Wildman–Crippen LogP) is 5.99. The quantitative estimate of drug-likeness (QED) is 0.152. The normalized spacial score (nSPS) is 11.1. The maximum Gasteiger partial charge on any atom is 0.250 e. The van der Waals surface area contributed by atoms with Gasteiger partial charge >= 0.3 is 0 Å². The molecule has 4 aromatic rings. The first-order chi connectivity index (χ1) is 17.0. The van der Waals surface area contributed by atoms with Crippen LogP contribution < -0.4 is 10.2 Å². The number of aromatic nitrogens is 3. The minimum Gasteiger partial charge on any atom is -0.494 e. The van der Waals surface area contributed by atoms with E-state index in [9.17, 15) is 4.79 Å². The lowest BCUT2D eigenvalue weighted by molar-refractivity contribution is -0.118. The molecule has 0 radical (unpaired) electrons. The zero-order valence-electron chi connectivity index (χ0n) is 18.7. The van der Waals surface area contributed by atoms with Gasteiger partial charge in [0.15, 0.2) is 11.0 Å². The van der Waals surface area contributed by atoms with Crippen LogP contribution in [0.4, 0.5) is 0 Å². The molecule has 0 spiro atoms. The molecular formula is C25H21BrClN5O2S. The van der Waals surface area contributed by atoms with Crippen molar-refractivity contribution in [2.24, 2.45) is 5.10 Å². The summed E-state index contributed by atoms with van der Waals surface area (Å²) in [6, 6.07) is 22.6. The van der Waals surface area contributed by atoms with Gasteiger partial charge in [0.25, 0.3) is 5.91 Å². The molecule has 0 unspecified atom stereocenters. The Balaban J connectivity index is 1.52. The van der Waals surface area contributed by atoms with Gasteiger partial charge in [-0.25, -0.2) is 5.43 Å². The van der Waals surface area contributed by atoms with Crippen LogP contribution in [0.3, 0.4) is 0 Å². The third-order valence-corrected chi connectivity index (χ3v) is 6.46. The highest BCUT2D eigenvalue weighted by atomic mass is 79.9. The van der Waals surface area contributed by atoms with Crippen molar-refractivity contribution >= 4 is 51.4 Å². The van der Waals surface area contributed by atoms with Crippen molar-refractivity contribution < 1.29 is 9.53 Å². The summed E-state index contributed by atoms with van der Waals surface area (Å²) < 4.78 is 8.44. The van der Waals surface area contributed by atoms with E-state index in [2.05, 4.69) is 36.7 Å². The molecule has 7 nitrogen and oxygen atoms in total. The van der Waals surface area contributed by atoms with Crippen LogP contribution in [0.5, 0.6) is 5.75 Å². The predicted molar refractivity (Wildman–Crippen MR) is 144 cm³/mol. The molecule has 3 aromatic carbocycles. The third kappa shape index (κ3) is 6.72. The summed E-state index contributed by atoms with van der Waals surface area (Å²) in [7, 11) is 0. The average molecular weight is 571 g/mol. The van der Waals surface area contributed by atoms with Crippen LogP contribution in [0.2, 0.25) is 5.02 Å². The molecule has 0 aliphatic rings. The van der Waals surface area contributed by atoms with Crippen molar-refractivity contribution in [1.82, 2.24) is 20.2 Å². The molecule has 4 rings (SSSR count). The number of hydrogen-bond acceptors (Lipinski definition) is 6. The lowest BCUT2D eigenvalue weighted by Gasteiger charge is -2.11. The third-order valence-electron chi connectivity index (χ3n) is 4.75. The first-order valence-electron chi connectivity index (χ1n) is 10.7. The lowest BCUT2D eigenvalue weighted by atomic mass is 10.2. The Kier molecular flexibility index (Phi) is 8.57. The van der Waals surface area contributed by atoms with Crippen molar-refractivity contribution in [2.75, 3.05) is 12.4 Å². The van der Waals surface area contributed by atoms with E-state index in [1.165, 1.54) is 11.8 Å². The number of carbonyl (C=O) groups excluding carboxylic acids is 1. The Labute approximate surface area is 220 Å². The minimum atomic E-state index is -0.252. The first-order valence-corrected chi connectivity index (χ1v) is 12.8. The molecule has 1 amide bonds. The van der Waals surface area contributed by atoms with Crippen LogP contribution in [0.25, 0.3) is 17.1 Å². The Bertz CT molecular complexity index is 1310. The number of hydrogen-bond donors (Lipinski definition) is 1. The standard InChI is InChI=1S/C25H21BrClN5O2S/c1-2-34-22-13-11-21(12-14-22)32-24(18-5-9-20(27)10-6-18)30-31-25(32)35-16-23(33)29-28-15-17-3-7-19(26)8-4-17/h3-15H,2,16H2,1H3,(H,29,33)/b28-15+.